The Labute approximate surface area is 78.3 Å². The van der Waals surface area contributed by atoms with E-state index >= 15 is 0 Å². The van der Waals surface area contributed by atoms with E-state index in [1.807, 2.05) is 37.6 Å². The summed E-state index contributed by atoms with van der Waals surface area (Å²) in [5.74, 6) is -0.238. The zero-order valence-corrected chi connectivity index (χ0v) is 8.33. The van der Waals surface area contributed by atoms with E-state index in [9.17, 15) is 4.79 Å². The standard InChI is InChI=1S/C10H15NO2/c1-4-11-7-8(3)6-9(11)10(12)13-5-2/h6-7H,4-5H2,1-3H3. The van der Waals surface area contributed by atoms with E-state index in [-0.39, 0.29) is 5.97 Å². The lowest BCUT2D eigenvalue weighted by atomic mass is 10.3. The smallest absolute Gasteiger partial charge is 0.354 e. The molecular weight excluding hydrogens is 166 g/mol. The molecule has 13 heavy (non-hydrogen) atoms. The molecule has 1 aromatic rings. The Kier molecular flexibility index (Phi) is 3.12. The van der Waals surface area contributed by atoms with Crippen LogP contribution >= 0.6 is 0 Å². The number of aryl methyl sites for hydroxylation is 2. The first-order chi connectivity index (χ1) is 6.19. The van der Waals surface area contributed by atoms with Crippen LogP contribution in [0.15, 0.2) is 12.3 Å². The summed E-state index contributed by atoms with van der Waals surface area (Å²) in [6, 6.07) is 1.85. The molecule has 0 unspecified atom stereocenters. The number of hydrogen-bond acceptors (Lipinski definition) is 2. The zero-order chi connectivity index (χ0) is 9.84. The molecule has 0 bridgehead atoms. The van der Waals surface area contributed by atoms with Crippen LogP contribution in [0.3, 0.4) is 0 Å². The van der Waals surface area contributed by atoms with Crippen LogP contribution in [0.2, 0.25) is 0 Å². The van der Waals surface area contributed by atoms with Crippen molar-refractivity contribution >= 4 is 5.97 Å². The quantitative estimate of drug-likeness (QED) is 0.668. The SMILES string of the molecule is CCOC(=O)c1cc(C)cn1CC. The highest BCUT2D eigenvalue weighted by Crippen LogP contribution is 2.08. The fourth-order valence-electron chi connectivity index (χ4n) is 1.29. The Morgan fingerprint density at radius 2 is 2.23 bits per heavy atom. The summed E-state index contributed by atoms with van der Waals surface area (Å²) in [5.41, 5.74) is 1.73. The molecule has 0 spiro atoms. The molecule has 72 valence electrons. The third-order valence-electron chi connectivity index (χ3n) is 1.86. The second-order valence-corrected chi connectivity index (χ2v) is 2.91. The van der Waals surface area contributed by atoms with Gasteiger partial charge in [-0.05, 0) is 32.4 Å². The summed E-state index contributed by atoms with van der Waals surface area (Å²) < 4.78 is 6.82. The van der Waals surface area contributed by atoms with Gasteiger partial charge in [0.15, 0.2) is 0 Å². The lowest BCUT2D eigenvalue weighted by Gasteiger charge is -2.04. The van der Waals surface area contributed by atoms with Gasteiger partial charge in [0, 0.05) is 12.7 Å². The molecule has 1 heterocycles. The maximum atomic E-state index is 11.4. The zero-order valence-electron chi connectivity index (χ0n) is 8.33. The number of nitrogens with zero attached hydrogens (tertiary/aromatic N) is 1. The van der Waals surface area contributed by atoms with Crippen LogP contribution in [0.25, 0.3) is 0 Å². The van der Waals surface area contributed by atoms with Crippen molar-refractivity contribution in [3.8, 4) is 0 Å². The molecule has 1 rings (SSSR count). The van der Waals surface area contributed by atoms with Crippen LogP contribution in [0.1, 0.15) is 29.9 Å². The molecule has 0 saturated carbocycles. The van der Waals surface area contributed by atoms with Crippen LogP contribution in [-0.4, -0.2) is 17.1 Å². The number of carbonyl (C=O) groups is 1. The average molecular weight is 181 g/mol. The fourth-order valence-corrected chi connectivity index (χ4v) is 1.29. The molecule has 0 atom stereocenters. The van der Waals surface area contributed by atoms with Crippen molar-refractivity contribution in [3.05, 3.63) is 23.5 Å². The summed E-state index contributed by atoms with van der Waals surface area (Å²) in [5, 5.41) is 0. The molecule has 0 fully saturated rings. The number of esters is 1. The van der Waals surface area contributed by atoms with Gasteiger partial charge in [-0.25, -0.2) is 4.79 Å². The van der Waals surface area contributed by atoms with Gasteiger partial charge in [0.2, 0.25) is 0 Å². The molecule has 0 amide bonds. The minimum absolute atomic E-state index is 0.238. The summed E-state index contributed by atoms with van der Waals surface area (Å²) in [6.07, 6.45) is 1.95. The molecular formula is C10H15NO2. The predicted octanol–water partition coefficient (Wildman–Crippen LogP) is 1.99. The topological polar surface area (TPSA) is 31.2 Å². The van der Waals surface area contributed by atoms with Crippen LogP contribution in [0, 0.1) is 6.92 Å². The lowest BCUT2D eigenvalue weighted by Crippen LogP contribution is -2.10. The fraction of sp³-hybridized carbons (Fsp3) is 0.500. The number of rotatable bonds is 3. The Hall–Kier alpha value is -1.25. The highest BCUT2D eigenvalue weighted by atomic mass is 16.5. The molecule has 0 saturated heterocycles. The second-order valence-electron chi connectivity index (χ2n) is 2.91. The third kappa shape index (κ3) is 2.11. The van der Waals surface area contributed by atoms with Crippen LogP contribution in [0.5, 0.6) is 0 Å². The first-order valence-electron chi connectivity index (χ1n) is 4.53. The number of carbonyl (C=O) groups excluding carboxylic acids is 1. The van der Waals surface area contributed by atoms with E-state index in [2.05, 4.69) is 0 Å². The first kappa shape index (κ1) is 9.84. The normalized spacial score (nSPS) is 10.1. The van der Waals surface area contributed by atoms with Gasteiger partial charge in [-0.15, -0.1) is 0 Å². The summed E-state index contributed by atoms with van der Waals surface area (Å²) >= 11 is 0. The Morgan fingerprint density at radius 1 is 1.54 bits per heavy atom. The molecule has 0 aromatic carbocycles. The molecule has 0 aliphatic carbocycles. The van der Waals surface area contributed by atoms with Crippen molar-refractivity contribution < 1.29 is 9.53 Å². The first-order valence-corrected chi connectivity index (χ1v) is 4.53. The molecule has 3 heteroatoms. The summed E-state index contributed by atoms with van der Waals surface area (Å²) in [7, 11) is 0. The Bertz CT molecular complexity index is 302. The Morgan fingerprint density at radius 3 is 2.77 bits per heavy atom. The minimum Gasteiger partial charge on any atom is -0.461 e. The van der Waals surface area contributed by atoms with Gasteiger partial charge in [-0.2, -0.15) is 0 Å². The van der Waals surface area contributed by atoms with Gasteiger partial charge in [0.1, 0.15) is 5.69 Å². The number of aromatic nitrogens is 1. The van der Waals surface area contributed by atoms with Crippen LogP contribution in [-0.2, 0) is 11.3 Å². The average Bonchev–Trinajstić information content (AvgIpc) is 2.47. The Balaban J connectivity index is 2.91. The largest absolute Gasteiger partial charge is 0.461 e. The van der Waals surface area contributed by atoms with E-state index < -0.39 is 0 Å². The maximum absolute atomic E-state index is 11.4. The summed E-state index contributed by atoms with van der Waals surface area (Å²) in [6.45, 7) is 7.00. The van der Waals surface area contributed by atoms with Crippen LogP contribution < -0.4 is 0 Å². The van der Waals surface area contributed by atoms with Crippen molar-refractivity contribution in [2.24, 2.45) is 0 Å². The van der Waals surface area contributed by atoms with Crippen molar-refractivity contribution in [3.63, 3.8) is 0 Å². The molecule has 3 nitrogen and oxygen atoms in total. The molecule has 0 N–H and O–H groups in total. The highest BCUT2D eigenvalue weighted by Gasteiger charge is 2.11. The van der Waals surface area contributed by atoms with Gasteiger partial charge in [-0.1, -0.05) is 0 Å². The lowest BCUT2D eigenvalue weighted by molar-refractivity contribution is 0.0514. The van der Waals surface area contributed by atoms with Gasteiger partial charge in [0.25, 0.3) is 0 Å². The molecule has 1 aromatic heterocycles. The number of ether oxygens (including phenoxy) is 1. The van der Waals surface area contributed by atoms with E-state index in [1.165, 1.54) is 0 Å². The van der Waals surface area contributed by atoms with Crippen molar-refractivity contribution in [1.29, 1.82) is 0 Å². The van der Waals surface area contributed by atoms with Crippen molar-refractivity contribution in [2.75, 3.05) is 6.61 Å². The van der Waals surface area contributed by atoms with Crippen LogP contribution in [0.4, 0.5) is 0 Å². The highest BCUT2D eigenvalue weighted by molar-refractivity contribution is 5.88. The predicted molar refractivity (Wildman–Crippen MR) is 50.8 cm³/mol. The van der Waals surface area contributed by atoms with Gasteiger partial charge in [-0.3, -0.25) is 0 Å². The van der Waals surface area contributed by atoms with Gasteiger partial charge in [0.05, 0.1) is 6.61 Å². The monoisotopic (exact) mass is 181 g/mol. The third-order valence-corrected chi connectivity index (χ3v) is 1.86. The molecule has 0 aliphatic rings. The molecule has 0 aliphatic heterocycles. The van der Waals surface area contributed by atoms with E-state index in [1.54, 1.807) is 0 Å². The minimum atomic E-state index is -0.238. The van der Waals surface area contributed by atoms with Crippen molar-refractivity contribution in [1.82, 2.24) is 4.57 Å². The summed E-state index contributed by atoms with van der Waals surface area (Å²) in [4.78, 5) is 11.4. The van der Waals surface area contributed by atoms with Gasteiger partial charge >= 0.3 is 5.97 Å². The van der Waals surface area contributed by atoms with Gasteiger partial charge < -0.3 is 9.30 Å². The van der Waals surface area contributed by atoms with E-state index in [4.69, 9.17) is 4.74 Å². The number of hydrogen-bond donors (Lipinski definition) is 0. The van der Waals surface area contributed by atoms with E-state index in [0.29, 0.717) is 12.3 Å². The molecule has 0 radical (unpaired) electrons. The van der Waals surface area contributed by atoms with E-state index in [0.717, 1.165) is 12.1 Å². The van der Waals surface area contributed by atoms with Crippen molar-refractivity contribution in [2.45, 2.75) is 27.3 Å². The second kappa shape index (κ2) is 4.12. The maximum Gasteiger partial charge on any atom is 0.354 e.